The number of rotatable bonds is 8. The Morgan fingerprint density at radius 2 is 0.600 bits per heavy atom. The van der Waals surface area contributed by atoms with Crippen LogP contribution in [0.4, 0.5) is 0 Å². The zero-order chi connectivity index (χ0) is 43.1. The van der Waals surface area contributed by atoms with Crippen molar-refractivity contribution in [3.05, 3.63) is 237 Å². The molecule has 0 bridgehead atoms. The zero-order valence-electron chi connectivity index (χ0n) is 35.3. The van der Waals surface area contributed by atoms with Gasteiger partial charge in [-0.05, 0) is 115 Å². The van der Waals surface area contributed by atoms with Crippen molar-refractivity contribution in [3.8, 4) is 89.8 Å². The molecule has 10 aromatic carbocycles. The van der Waals surface area contributed by atoms with Gasteiger partial charge in [0.2, 0.25) is 0 Å². The molecule has 0 fully saturated rings. The lowest BCUT2D eigenvalue weighted by atomic mass is 9.94. The first kappa shape index (κ1) is 38.4. The van der Waals surface area contributed by atoms with Crippen LogP contribution in [0.15, 0.2) is 237 Å². The third kappa shape index (κ3) is 7.46. The monoisotopic (exact) mass is 845 g/mol. The molecule has 0 N–H and O–H groups in total. The Morgan fingerprint density at radius 3 is 1.09 bits per heavy atom. The highest BCUT2D eigenvalue weighted by Gasteiger charge is 2.16. The highest BCUT2D eigenvalue weighted by atomic mass is 32.1. The summed E-state index contributed by atoms with van der Waals surface area (Å²) in [5, 5.41) is 5.17. The van der Waals surface area contributed by atoms with Crippen molar-refractivity contribution >= 4 is 42.3 Å². The molecule has 2 heterocycles. The van der Waals surface area contributed by atoms with Crippen LogP contribution >= 0.6 is 11.3 Å². The Bertz CT molecular complexity index is 3620. The van der Waals surface area contributed by atoms with Gasteiger partial charge in [-0.1, -0.05) is 188 Å². The zero-order valence-corrected chi connectivity index (χ0v) is 36.1. The molecule has 0 radical (unpaired) electrons. The molecule has 0 amide bonds. The number of thiophene rings is 1. The Hall–Kier alpha value is -8.31. The van der Waals surface area contributed by atoms with Crippen molar-refractivity contribution in [3.63, 3.8) is 0 Å². The van der Waals surface area contributed by atoms with Gasteiger partial charge in [0.25, 0.3) is 0 Å². The predicted octanol–water partition coefficient (Wildman–Crippen LogP) is 16.7. The molecule has 0 spiro atoms. The second-order valence-electron chi connectivity index (χ2n) is 16.4. The molecule has 12 aromatic rings. The number of hydrogen-bond acceptors (Lipinski definition) is 4. The van der Waals surface area contributed by atoms with Crippen molar-refractivity contribution in [2.24, 2.45) is 0 Å². The average Bonchev–Trinajstić information content (AvgIpc) is 3.76. The van der Waals surface area contributed by atoms with Gasteiger partial charge >= 0.3 is 0 Å². The fourth-order valence-electron chi connectivity index (χ4n) is 9.03. The molecular formula is C61H39N3S. The van der Waals surface area contributed by atoms with Crippen LogP contribution in [0.1, 0.15) is 0 Å². The van der Waals surface area contributed by atoms with E-state index in [2.05, 4.69) is 224 Å². The van der Waals surface area contributed by atoms with Gasteiger partial charge in [0.05, 0.1) is 0 Å². The molecule has 0 saturated carbocycles. The minimum absolute atomic E-state index is 0.620. The van der Waals surface area contributed by atoms with E-state index in [0.29, 0.717) is 17.5 Å². The standard InChI is InChI=1S/C61H39N3S/c1-3-15-40(16-4-1)42-21-11-28-51(35-42)59-62-60(52-29-12-22-43(36-52)41-17-5-2-6-18-41)64-61(63-59)53-30-13-26-47(37-53)45-24-9-23-44(33-45)46-25-10-27-50(34-46)54-31-14-32-56-58(54)55-38-48-19-7-8-20-49(48)39-57(55)65-56/h1-39H. The summed E-state index contributed by atoms with van der Waals surface area (Å²) in [4.78, 5) is 15.5. The molecule has 12 rings (SSSR count). The van der Waals surface area contributed by atoms with Crippen molar-refractivity contribution in [2.45, 2.75) is 0 Å². The first-order chi connectivity index (χ1) is 32.2. The summed E-state index contributed by atoms with van der Waals surface area (Å²) in [6, 6.07) is 84.2. The van der Waals surface area contributed by atoms with Crippen LogP contribution in [-0.4, -0.2) is 15.0 Å². The fraction of sp³-hybridized carbons (Fsp3) is 0. The van der Waals surface area contributed by atoms with E-state index in [9.17, 15) is 0 Å². The van der Waals surface area contributed by atoms with Crippen molar-refractivity contribution in [2.75, 3.05) is 0 Å². The van der Waals surface area contributed by atoms with Crippen LogP contribution in [-0.2, 0) is 0 Å². The van der Waals surface area contributed by atoms with E-state index in [-0.39, 0.29) is 0 Å². The lowest BCUT2D eigenvalue weighted by Gasteiger charge is -2.12. The Labute approximate surface area is 381 Å². The highest BCUT2D eigenvalue weighted by molar-refractivity contribution is 7.26. The smallest absolute Gasteiger partial charge is 0.164 e. The van der Waals surface area contributed by atoms with Gasteiger partial charge in [0.15, 0.2) is 17.5 Å². The quantitative estimate of drug-likeness (QED) is 0.153. The van der Waals surface area contributed by atoms with Crippen LogP contribution in [0.25, 0.3) is 121 Å². The first-order valence-electron chi connectivity index (χ1n) is 21.9. The summed E-state index contributed by atoms with van der Waals surface area (Å²) in [5.74, 6) is 1.87. The third-order valence-corrected chi connectivity index (χ3v) is 13.4. The van der Waals surface area contributed by atoms with Gasteiger partial charge in [0.1, 0.15) is 0 Å². The van der Waals surface area contributed by atoms with E-state index in [1.807, 2.05) is 23.5 Å². The van der Waals surface area contributed by atoms with Gasteiger partial charge in [-0.2, -0.15) is 0 Å². The molecule has 0 atom stereocenters. The number of nitrogens with zero attached hydrogens (tertiary/aromatic N) is 3. The van der Waals surface area contributed by atoms with Crippen LogP contribution in [0.5, 0.6) is 0 Å². The van der Waals surface area contributed by atoms with E-state index in [1.165, 1.54) is 47.6 Å². The first-order valence-corrected chi connectivity index (χ1v) is 22.7. The van der Waals surface area contributed by atoms with Crippen molar-refractivity contribution < 1.29 is 0 Å². The summed E-state index contributed by atoms with van der Waals surface area (Å²) >= 11 is 1.87. The van der Waals surface area contributed by atoms with Crippen LogP contribution in [0, 0.1) is 0 Å². The minimum Gasteiger partial charge on any atom is -0.208 e. The molecule has 0 aliphatic rings. The van der Waals surface area contributed by atoms with Gasteiger partial charge in [-0.25, -0.2) is 15.0 Å². The molecule has 0 aliphatic heterocycles. The van der Waals surface area contributed by atoms with E-state index in [4.69, 9.17) is 15.0 Å². The Balaban J connectivity index is 0.925. The normalized spacial score (nSPS) is 11.4. The van der Waals surface area contributed by atoms with E-state index in [1.54, 1.807) is 0 Å². The SMILES string of the molecule is c1ccc(-c2cccc(-c3nc(-c4cccc(-c5ccccc5)c4)nc(-c4cccc(-c5cccc(-c6cccc(-c7cccc8sc9cc%10ccccc%10cc9c78)c6)c5)c4)n3)c2)cc1. The predicted molar refractivity (Wildman–Crippen MR) is 274 cm³/mol. The fourth-order valence-corrected chi connectivity index (χ4v) is 10.2. The Morgan fingerprint density at radius 1 is 0.246 bits per heavy atom. The second-order valence-corrected chi connectivity index (χ2v) is 17.5. The molecule has 0 unspecified atom stereocenters. The highest BCUT2D eigenvalue weighted by Crippen LogP contribution is 2.42. The van der Waals surface area contributed by atoms with Crippen LogP contribution in [0.3, 0.4) is 0 Å². The molecule has 0 aliphatic carbocycles. The van der Waals surface area contributed by atoms with E-state index in [0.717, 1.165) is 55.6 Å². The summed E-state index contributed by atoms with van der Waals surface area (Å²) in [5.41, 5.74) is 14.3. The summed E-state index contributed by atoms with van der Waals surface area (Å²) in [6.07, 6.45) is 0. The van der Waals surface area contributed by atoms with Gasteiger partial charge in [-0.3, -0.25) is 0 Å². The molecule has 3 nitrogen and oxygen atoms in total. The number of aromatic nitrogens is 3. The molecule has 2 aromatic heterocycles. The molecule has 0 saturated heterocycles. The van der Waals surface area contributed by atoms with Gasteiger partial charge < -0.3 is 0 Å². The Kier molecular flexibility index (Phi) is 9.70. The molecule has 4 heteroatoms. The summed E-state index contributed by atoms with van der Waals surface area (Å²) in [6.45, 7) is 0. The van der Waals surface area contributed by atoms with Crippen LogP contribution < -0.4 is 0 Å². The number of fused-ring (bicyclic) bond motifs is 4. The van der Waals surface area contributed by atoms with Crippen molar-refractivity contribution in [1.82, 2.24) is 15.0 Å². The molecular weight excluding hydrogens is 807 g/mol. The molecule has 304 valence electrons. The van der Waals surface area contributed by atoms with Gasteiger partial charge in [-0.15, -0.1) is 11.3 Å². The number of benzene rings is 10. The minimum atomic E-state index is 0.620. The lowest BCUT2D eigenvalue weighted by molar-refractivity contribution is 1.07. The number of hydrogen-bond donors (Lipinski definition) is 0. The maximum Gasteiger partial charge on any atom is 0.164 e. The maximum atomic E-state index is 5.18. The van der Waals surface area contributed by atoms with Gasteiger partial charge in [0, 0.05) is 36.9 Å². The maximum absolute atomic E-state index is 5.18. The second kappa shape index (κ2) is 16.4. The third-order valence-electron chi connectivity index (χ3n) is 12.3. The van der Waals surface area contributed by atoms with E-state index >= 15 is 0 Å². The summed E-state index contributed by atoms with van der Waals surface area (Å²) in [7, 11) is 0. The van der Waals surface area contributed by atoms with Crippen molar-refractivity contribution in [1.29, 1.82) is 0 Å². The topological polar surface area (TPSA) is 38.7 Å². The lowest BCUT2D eigenvalue weighted by Crippen LogP contribution is -2.00. The summed E-state index contributed by atoms with van der Waals surface area (Å²) < 4.78 is 2.62. The van der Waals surface area contributed by atoms with Crippen LogP contribution in [0.2, 0.25) is 0 Å². The average molecular weight is 846 g/mol. The molecule has 65 heavy (non-hydrogen) atoms. The largest absolute Gasteiger partial charge is 0.208 e. The van der Waals surface area contributed by atoms with E-state index < -0.39 is 0 Å².